The standard InChI is InChI=1S/C15H12Cl2F2O2/c1-20-14-6-11(17)5-10(7-16)15(14)21-8-9-2-3-12(18)13(19)4-9/h2-6H,7-8H2,1H3. The molecule has 0 aliphatic carbocycles. The molecule has 0 spiro atoms. The maximum Gasteiger partial charge on any atom is 0.166 e. The Labute approximate surface area is 131 Å². The summed E-state index contributed by atoms with van der Waals surface area (Å²) in [5.74, 6) is -0.771. The van der Waals surface area contributed by atoms with E-state index in [-0.39, 0.29) is 12.5 Å². The summed E-state index contributed by atoms with van der Waals surface area (Å²) in [6.07, 6.45) is 0. The molecule has 2 rings (SSSR count). The maximum atomic E-state index is 13.2. The molecule has 0 aromatic heterocycles. The topological polar surface area (TPSA) is 18.5 Å². The van der Waals surface area contributed by atoms with Crippen LogP contribution in [0.15, 0.2) is 30.3 Å². The van der Waals surface area contributed by atoms with Crippen LogP contribution in [0.3, 0.4) is 0 Å². The Bertz CT molecular complexity index is 623. The highest BCUT2D eigenvalue weighted by molar-refractivity contribution is 6.31. The summed E-state index contributed by atoms with van der Waals surface area (Å²) in [5, 5.41) is 0.475. The van der Waals surface area contributed by atoms with E-state index in [0.717, 1.165) is 12.1 Å². The van der Waals surface area contributed by atoms with Crippen molar-refractivity contribution in [3.05, 3.63) is 58.1 Å². The number of rotatable bonds is 5. The van der Waals surface area contributed by atoms with E-state index >= 15 is 0 Å². The summed E-state index contributed by atoms with van der Waals surface area (Å²) in [4.78, 5) is 0. The summed E-state index contributed by atoms with van der Waals surface area (Å²) in [6, 6.07) is 6.84. The molecule has 2 nitrogen and oxygen atoms in total. The van der Waals surface area contributed by atoms with Crippen LogP contribution in [-0.2, 0) is 12.5 Å². The van der Waals surface area contributed by atoms with Crippen molar-refractivity contribution in [1.82, 2.24) is 0 Å². The van der Waals surface area contributed by atoms with Crippen molar-refractivity contribution >= 4 is 23.2 Å². The fraction of sp³-hybridized carbons (Fsp3) is 0.200. The Balaban J connectivity index is 2.24. The Kier molecular flexibility index (Phi) is 5.26. The zero-order valence-corrected chi connectivity index (χ0v) is 12.6. The van der Waals surface area contributed by atoms with Gasteiger partial charge in [-0.2, -0.15) is 0 Å². The van der Waals surface area contributed by atoms with Crippen molar-refractivity contribution in [3.63, 3.8) is 0 Å². The van der Waals surface area contributed by atoms with Gasteiger partial charge >= 0.3 is 0 Å². The van der Waals surface area contributed by atoms with Gasteiger partial charge in [-0.05, 0) is 23.8 Å². The number of methoxy groups -OCH3 is 1. The molecular weight excluding hydrogens is 321 g/mol. The molecule has 0 radical (unpaired) electrons. The second-order valence-corrected chi connectivity index (χ2v) is 4.97. The molecule has 2 aromatic carbocycles. The molecular formula is C15H12Cl2F2O2. The van der Waals surface area contributed by atoms with E-state index in [2.05, 4.69) is 0 Å². The minimum Gasteiger partial charge on any atom is -0.493 e. The largest absolute Gasteiger partial charge is 0.493 e. The molecule has 0 atom stereocenters. The van der Waals surface area contributed by atoms with Crippen LogP contribution in [0.2, 0.25) is 5.02 Å². The van der Waals surface area contributed by atoms with E-state index in [1.165, 1.54) is 13.2 Å². The molecule has 0 saturated carbocycles. The van der Waals surface area contributed by atoms with Gasteiger partial charge in [0, 0.05) is 16.7 Å². The molecule has 0 N–H and O–H groups in total. The fourth-order valence-electron chi connectivity index (χ4n) is 1.82. The van der Waals surface area contributed by atoms with Gasteiger partial charge in [-0.3, -0.25) is 0 Å². The summed E-state index contributed by atoms with van der Waals surface area (Å²) >= 11 is 11.8. The van der Waals surface area contributed by atoms with Gasteiger partial charge in [0.15, 0.2) is 23.1 Å². The van der Waals surface area contributed by atoms with Crippen LogP contribution in [0.1, 0.15) is 11.1 Å². The number of benzene rings is 2. The summed E-state index contributed by atoms with van der Waals surface area (Å²) in [5.41, 5.74) is 1.15. The summed E-state index contributed by atoms with van der Waals surface area (Å²) in [6.45, 7) is 0.0546. The molecule has 21 heavy (non-hydrogen) atoms. The molecule has 6 heteroatoms. The van der Waals surface area contributed by atoms with Crippen LogP contribution in [0.4, 0.5) is 8.78 Å². The van der Waals surface area contributed by atoms with E-state index in [9.17, 15) is 8.78 Å². The molecule has 0 fully saturated rings. The molecule has 0 saturated heterocycles. The minimum atomic E-state index is -0.920. The van der Waals surface area contributed by atoms with Crippen LogP contribution in [-0.4, -0.2) is 7.11 Å². The van der Waals surface area contributed by atoms with E-state index in [1.807, 2.05) is 0 Å². The molecule has 0 aliphatic rings. The summed E-state index contributed by atoms with van der Waals surface area (Å²) in [7, 11) is 1.48. The predicted molar refractivity (Wildman–Crippen MR) is 78.3 cm³/mol. The lowest BCUT2D eigenvalue weighted by atomic mass is 10.2. The van der Waals surface area contributed by atoms with E-state index in [1.54, 1.807) is 12.1 Å². The highest BCUT2D eigenvalue weighted by Gasteiger charge is 2.13. The number of hydrogen-bond donors (Lipinski definition) is 0. The third-order valence-electron chi connectivity index (χ3n) is 2.83. The van der Waals surface area contributed by atoms with Crippen LogP contribution < -0.4 is 9.47 Å². The molecule has 2 aromatic rings. The molecule has 0 amide bonds. The van der Waals surface area contributed by atoms with E-state index < -0.39 is 11.6 Å². The van der Waals surface area contributed by atoms with Crippen molar-refractivity contribution in [2.75, 3.05) is 7.11 Å². The lowest BCUT2D eigenvalue weighted by Crippen LogP contribution is -2.01. The number of alkyl halides is 1. The monoisotopic (exact) mass is 332 g/mol. The van der Waals surface area contributed by atoms with Gasteiger partial charge < -0.3 is 9.47 Å². The van der Waals surface area contributed by atoms with Gasteiger partial charge in [0.25, 0.3) is 0 Å². The van der Waals surface area contributed by atoms with Crippen molar-refractivity contribution in [1.29, 1.82) is 0 Å². The number of ether oxygens (including phenoxy) is 2. The second kappa shape index (κ2) is 6.96. The molecule has 0 bridgehead atoms. The first-order valence-electron chi connectivity index (χ1n) is 6.04. The fourth-order valence-corrected chi connectivity index (χ4v) is 2.25. The van der Waals surface area contributed by atoms with Crippen molar-refractivity contribution in [3.8, 4) is 11.5 Å². The lowest BCUT2D eigenvalue weighted by Gasteiger charge is -2.14. The Morgan fingerprint density at radius 1 is 1.10 bits per heavy atom. The third-order valence-corrected chi connectivity index (χ3v) is 3.33. The summed E-state index contributed by atoms with van der Waals surface area (Å²) < 4.78 is 36.9. The van der Waals surface area contributed by atoms with Crippen molar-refractivity contribution in [2.24, 2.45) is 0 Å². The van der Waals surface area contributed by atoms with Gasteiger partial charge in [0.2, 0.25) is 0 Å². The third kappa shape index (κ3) is 3.77. The van der Waals surface area contributed by atoms with Crippen LogP contribution in [0, 0.1) is 11.6 Å². The van der Waals surface area contributed by atoms with Gasteiger partial charge in [0.05, 0.1) is 13.0 Å². The first-order valence-corrected chi connectivity index (χ1v) is 6.95. The minimum absolute atomic E-state index is 0.0546. The van der Waals surface area contributed by atoms with Crippen LogP contribution in [0.25, 0.3) is 0 Å². The highest BCUT2D eigenvalue weighted by Crippen LogP contribution is 2.36. The van der Waals surface area contributed by atoms with Crippen molar-refractivity contribution < 1.29 is 18.3 Å². The molecule has 0 aliphatic heterocycles. The van der Waals surface area contributed by atoms with Crippen LogP contribution in [0.5, 0.6) is 11.5 Å². The Hall–Kier alpha value is -1.52. The quantitative estimate of drug-likeness (QED) is 0.721. The highest BCUT2D eigenvalue weighted by atomic mass is 35.5. The number of halogens is 4. The van der Waals surface area contributed by atoms with Gasteiger partial charge in [-0.1, -0.05) is 17.7 Å². The zero-order chi connectivity index (χ0) is 15.4. The smallest absolute Gasteiger partial charge is 0.166 e. The Morgan fingerprint density at radius 2 is 1.86 bits per heavy atom. The van der Waals surface area contributed by atoms with E-state index in [0.29, 0.717) is 27.6 Å². The van der Waals surface area contributed by atoms with Gasteiger partial charge in [0.1, 0.15) is 6.61 Å². The van der Waals surface area contributed by atoms with Crippen molar-refractivity contribution in [2.45, 2.75) is 12.5 Å². The zero-order valence-electron chi connectivity index (χ0n) is 11.1. The number of hydrogen-bond acceptors (Lipinski definition) is 2. The van der Waals surface area contributed by atoms with Gasteiger partial charge in [-0.15, -0.1) is 11.6 Å². The lowest BCUT2D eigenvalue weighted by molar-refractivity contribution is 0.281. The first-order chi connectivity index (χ1) is 10.0. The second-order valence-electron chi connectivity index (χ2n) is 4.27. The SMILES string of the molecule is COc1cc(Cl)cc(CCl)c1OCc1ccc(F)c(F)c1. The maximum absolute atomic E-state index is 13.2. The predicted octanol–water partition coefficient (Wildman–Crippen LogP) is 4.94. The molecule has 112 valence electrons. The van der Waals surface area contributed by atoms with E-state index in [4.69, 9.17) is 32.7 Å². The Morgan fingerprint density at radius 3 is 2.48 bits per heavy atom. The molecule has 0 unspecified atom stereocenters. The normalized spacial score (nSPS) is 10.5. The van der Waals surface area contributed by atoms with Crippen LogP contribution >= 0.6 is 23.2 Å². The molecule has 0 heterocycles. The van der Waals surface area contributed by atoms with Gasteiger partial charge in [-0.25, -0.2) is 8.78 Å². The first kappa shape index (κ1) is 15.9. The average molecular weight is 333 g/mol. The average Bonchev–Trinajstić information content (AvgIpc) is 2.48.